The van der Waals surface area contributed by atoms with Crippen LogP contribution in [-0.2, 0) is 23.2 Å². The molecule has 114 valence electrons. The van der Waals surface area contributed by atoms with E-state index in [4.69, 9.17) is 16.1 Å². The van der Waals surface area contributed by atoms with Crippen LogP contribution in [0.25, 0.3) is 0 Å². The molecule has 0 amide bonds. The van der Waals surface area contributed by atoms with Crippen molar-refractivity contribution in [2.24, 2.45) is 0 Å². The molecular weight excluding hydrogens is 318 g/mol. The Morgan fingerprint density at radius 1 is 1.38 bits per heavy atom. The van der Waals surface area contributed by atoms with Crippen LogP contribution in [0.1, 0.15) is 22.8 Å². The summed E-state index contributed by atoms with van der Waals surface area (Å²) in [5.41, 5.74) is 0.900. The van der Waals surface area contributed by atoms with Crippen molar-refractivity contribution in [3.05, 3.63) is 40.0 Å². The van der Waals surface area contributed by atoms with Gasteiger partial charge in [0.15, 0.2) is 5.82 Å². The molecule has 0 aliphatic rings. The van der Waals surface area contributed by atoms with Gasteiger partial charge in [0.1, 0.15) is 0 Å². The van der Waals surface area contributed by atoms with E-state index in [2.05, 4.69) is 14.9 Å². The summed E-state index contributed by atoms with van der Waals surface area (Å²) in [4.78, 5) is 3.92. The lowest BCUT2D eigenvalue weighted by Crippen LogP contribution is -2.25. The fourth-order valence-corrected chi connectivity index (χ4v) is 3.40. The molecule has 0 saturated heterocycles. The quantitative estimate of drug-likeness (QED) is 0.855. The predicted octanol–water partition coefficient (Wildman–Crippen LogP) is 1.31. The van der Waals surface area contributed by atoms with E-state index in [1.165, 1.54) is 12.1 Å². The summed E-state index contributed by atoms with van der Waals surface area (Å²) in [7, 11) is -3.80. The van der Waals surface area contributed by atoms with Crippen LogP contribution < -0.4 is 4.72 Å². The van der Waals surface area contributed by atoms with Gasteiger partial charge in [-0.3, -0.25) is 0 Å². The number of aliphatic hydroxyl groups excluding tert-OH is 1. The molecule has 0 spiro atoms. The molecule has 1 aromatic heterocycles. The van der Waals surface area contributed by atoms with E-state index in [1.54, 1.807) is 13.8 Å². The summed E-state index contributed by atoms with van der Waals surface area (Å²) in [5, 5.41) is 13.1. The summed E-state index contributed by atoms with van der Waals surface area (Å²) in [6.45, 7) is 2.83. The van der Waals surface area contributed by atoms with Gasteiger partial charge in [-0.25, -0.2) is 13.1 Å². The first-order valence-electron chi connectivity index (χ1n) is 6.02. The maximum Gasteiger partial charge on any atom is 0.241 e. The molecule has 0 atom stereocenters. The smallest absolute Gasteiger partial charge is 0.241 e. The Hall–Kier alpha value is -1.48. The Bertz CT molecular complexity index is 758. The zero-order chi connectivity index (χ0) is 15.6. The van der Waals surface area contributed by atoms with Crippen LogP contribution in [0, 0.1) is 13.8 Å². The number of rotatable bonds is 5. The van der Waals surface area contributed by atoms with Gasteiger partial charge in [0.25, 0.3) is 0 Å². The number of nitrogens with zero attached hydrogens (tertiary/aromatic N) is 2. The Morgan fingerprint density at radius 2 is 2.10 bits per heavy atom. The molecule has 21 heavy (non-hydrogen) atoms. The molecule has 0 fully saturated rings. The van der Waals surface area contributed by atoms with Crippen LogP contribution in [0.15, 0.2) is 21.6 Å². The molecular formula is C12H14ClN3O4S. The van der Waals surface area contributed by atoms with Crippen molar-refractivity contribution in [3.8, 4) is 0 Å². The summed E-state index contributed by atoms with van der Waals surface area (Å²) in [6.07, 6.45) is 0. The zero-order valence-electron chi connectivity index (χ0n) is 11.4. The summed E-state index contributed by atoms with van der Waals surface area (Å²) < 4.78 is 31.8. The minimum absolute atomic E-state index is 0.0132. The Labute approximate surface area is 127 Å². The highest BCUT2D eigenvalue weighted by atomic mass is 35.5. The number of hydrogen-bond donors (Lipinski definition) is 2. The van der Waals surface area contributed by atoms with Gasteiger partial charge in [-0.1, -0.05) is 16.8 Å². The Morgan fingerprint density at radius 3 is 2.67 bits per heavy atom. The average Bonchev–Trinajstić information content (AvgIpc) is 2.84. The number of benzene rings is 1. The fraction of sp³-hybridized carbons (Fsp3) is 0.333. The number of aromatic nitrogens is 2. The molecule has 0 aliphatic carbocycles. The number of sulfonamides is 1. The van der Waals surface area contributed by atoms with Gasteiger partial charge >= 0.3 is 0 Å². The molecule has 0 aliphatic heterocycles. The van der Waals surface area contributed by atoms with Crippen LogP contribution in [0.2, 0.25) is 5.02 Å². The van der Waals surface area contributed by atoms with E-state index in [0.717, 1.165) is 0 Å². The molecule has 0 bridgehead atoms. The van der Waals surface area contributed by atoms with Crippen LogP contribution in [0.3, 0.4) is 0 Å². The van der Waals surface area contributed by atoms with E-state index in [0.29, 0.717) is 17.0 Å². The molecule has 0 radical (unpaired) electrons. The number of nitrogens with one attached hydrogen (secondary N) is 1. The maximum absolute atomic E-state index is 12.3. The lowest BCUT2D eigenvalue weighted by Gasteiger charge is -2.11. The zero-order valence-corrected chi connectivity index (χ0v) is 13.0. The van der Waals surface area contributed by atoms with Crippen LogP contribution in [0.5, 0.6) is 0 Å². The fourth-order valence-electron chi connectivity index (χ4n) is 1.80. The number of hydrogen-bond acceptors (Lipinski definition) is 6. The van der Waals surface area contributed by atoms with Gasteiger partial charge in [-0.2, -0.15) is 4.98 Å². The van der Waals surface area contributed by atoms with Gasteiger partial charge < -0.3 is 9.63 Å². The molecule has 2 rings (SSSR count). The minimum atomic E-state index is -3.80. The summed E-state index contributed by atoms with van der Waals surface area (Å²) in [6, 6.07) is 2.86. The van der Waals surface area contributed by atoms with Crippen molar-refractivity contribution in [3.63, 3.8) is 0 Å². The molecule has 0 unspecified atom stereocenters. The van der Waals surface area contributed by atoms with Crippen molar-refractivity contribution >= 4 is 21.6 Å². The van der Waals surface area contributed by atoms with E-state index in [1.807, 2.05) is 0 Å². The topological polar surface area (TPSA) is 105 Å². The van der Waals surface area contributed by atoms with Crippen molar-refractivity contribution in [1.82, 2.24) is 14.9 Å². The molecule has 1 aromatic carbocycles. The standard InChI is InChI=1S/C12H14ClN3O4S/c1-7-9(6-17)3-10(13)4-11(7)21(18,19)14-5-12-15-8(2)20-16-12/h3-4,14,17H,5-6H2,1-2H3. The largest absolute Gasteiger partial charge is 0.392 e. The lowest BCUT2D eigenvalue weighted by molar-refractivity contribution is 0.280. The second kappa shape index (κ2) is 6.10. The third-order valence-corrected chi connectivity index (χ3v) is 4.63. The third-order valence-electron chi connectivity index (χ3n) is 2.88. The average molecular weight is 332 g/mol. The van der Waals surface area contributed by atoms with E-state index >= 15 is 0 Å². The van der Waals surface area contributed by atoms with Crippen molar-refractivity contribution < 1.29 is 18.0 Å². The van der Waals surface area contributed by atoms with Crippen molar-refractivity contribution in [1.29, 1.82) is 0 Å². The van der Waals surface area contributed by atoms with Crippen LogP contribution in [0.4, 0.5) is 0 Å². The molecule has 2 aromatic rings. The number of aliphatic hydroxyl groups is 1. The van der Waals surface area contributed by atoms with Gasteiger partial charge in [0.05, 0.1) is 18.0 Å². The van der Waals surface area contributed by atoms with E-state index < -0.39 is 10.0 Å². The van der Waals surface area contributed by atoms with Gasteiger partial charge in [-0.05, 0) is 30.2 Å². The molecule has 1 heterocycles. The Kier molecular flexibility index (Phi) is 4.62. The normalized spacial score (nSPS) is 11.8. The SMILES string of the molecule is Cc1nc(CNS(=O)(=O)c2cc(Cl)cc(CO)c2C)no1. The highest BCUT2D eigenvalue weighted by molar-refractivity contribution is 7.89. The second-order valence-corrected chi connectivity index (χ2v) is 6.57. The predicted molar refractivity (Wildman–Crippen MR) is 75.2 cm³/mol. The highest BCUT2D eigenvalue weighted by Crippen LogP contribution is 2.24. The first-order valence-corrected chi connectivity index (χ1v) is 7.88. The number of halogens is 1. The summed E-state index contributed by atoms with van der Waals surface area (Å²) >= 11 is 5.88. The monoisotopic (exact) mass is 331 g/mol. The molecule has 9 heteroatoms. The third kappa shape index (κ3) is 3.59. The van der Waals surface area contributed by atoms with Crippen LogP contribution >= 0.6 is 11.6 Å². The molecule has 2 N–H and O–H groups in total. The lowest BCUT2D eigenvalue weighted by atomic mass is 10.1. The van der Waals surface area contributed by atoms with Crippen molar-refractivity contribution in [2.75, 3.05) is 0 Å². The van der Waals surface area contributed by atoms with Gasteiger partial charge in [-0.15, -0.1) is 0 Å². The van der Waals surface area contributed by atoms with Gasteiger partial charge in [0.2, 0.25) is 15.9 Å². The maximum atomic E-state index is 12.3. The summed E-state index contributed by atoms with van der Waals surface area (Å²) in [5.74, 6) is 0.587. The second-order valence-electron chi connectivity index (χ2n) is 4.40. The van der Waals surface area contributed by atoms with Crippen molar-refractivity contribution in [2.45, 2.75) is 31.9 Å². The minimum Gasteiger partial charge on any atom is -0.392 e. The highest BCUT2D eigenvalue weighted by Gasteiger charge is 2.20. The molecule has 7 nitrogen and oxygen atoms in total. The number of aryl methyl sites for hydroxylation is 1. The van der Waals surface area contributed by atoms with E-state index in [-0.39, 0.29) is 28.9 Å². The van der Waals surface area contributed by atoms with E-state index in [9.17, 15) is 13.5 Å². The van der Waals surface area contributed by atoms with Gasteiger partial charge in [0, 0.05) is 11.9 Å². The molecule has 0 saturated carbocycles. The van der Waals surface area contributed by atoms with Crippen LogP contribution in [-0.4, -0.2) is 23.7 Å². The Balaban J connectivity index is 2.29. The first kappa shape index (κ1) is 15.9. The first-order chi connectivity index (χ1) is 9.83.